The van der Waals surface area contributed by atoms with Gasteiger partial charge in [0.15, 0.2) is 0 Å². The highest BCUT2D eigenvalue weighted by Gasteiger charge is 2.32. The quantitative estimate of drug-likeness (QED) is 0.884. The van der Waals surface area contributed by atoms with Gasteiger partial charge in [0.2, 0.25) is 5.91 Å². The number of hydrogen-bond donors (Lipinski definition) is 2. The van der Waals surface area contributed by atoms with E-state index in [4.69, 9.17) is 0 Å². The summed E-state index contributed by atoms with van der Waals surface area (Å²) in [5.74, 6) is 1.05. The topological polar surface area (TPSA) is 81.3 Å². The smallest absolute Gasteiger partial charge is 0.318 e. The summed E-state index contributed by atoms with van der Waals surface area (Å²) in [6.07, 6.45) is 4.56. The van der Waals surface area contributed by atoms with E-state index in [1.807, 2.05) is 34.1 Å². The van der Waals surface area contributed by atoms with E-state index >= 15 is 0 Å². The summed E-state index contributed by atoms with van der Waals surface area (Å²) < 4.78 is 0. The van der Waals surface area contributed by atoms with Crippen LogP contribution in [-0.4, -0.2) is 57.9 Å². The number of imidazole rings is 1. The molecule has 0 radical (unpaired) electrons. The van der Waals surface area contributed by atoms with E-state index in [0.717, 1.165) is 55.6 Å². The van der Waals surface area contributed by atoms with Gasteiger partial charge in [-0.3, -0.25) is 4.79 Å². The summed E-state index contributed by atoms with van der Waals surface area (Å²) in [6, 6.07) is 7.83. The lowest BCUT2D eigenvalue weighted by atomic mass is 10.1. The van der Waals surface area contributed by atoms with E-state index < -0.39 is 0 Å². The van der Waals surface area contributed by atoms with Crippen LogP contribution in [0.4, 0.5) is 4.79 Å². The zero-order valence-corrected chi connectivity index (χ0v) is 14.9. The average molecular weight is 355 g/mol. The molecule has 2 aliphatic heterocycles. The Morgan fingerprint density at radius 2 is 2.12 bits per heavy atom. The van der Waals surface area contributed by atoms with Gasteiger partial charge in [0.1, 0.15) is 5.82 Å². The van der Waals surface area contributed by atoms with Crippen molar-refractivity contribution in [1.82, 2.24) is 25.1 Å². The Labute approximate surface area is 152 Å². The molecule has 2 aliphatic rings. The van der Waals surface area contributed by atoms with Gasteiger partial charge >= 0.3 is 6.03 Å². The summed E-state index contributed by atoms with van der Waals surface area (Å²) in [4.78, 5) is 36.2. The fraction of sp³-hybridized carbons (Fsp3) is 0.526. The number of benzene rings is 1. The number of amides is 3. The zero-order valence-electron chi connectivity index (χ0n) is 14.9. The first-order valence-corrected chi connectivity index (χ1v) is 9.49. The molecule has 1 aromatic carbocycles. The van der Waals surface area contributed by atoms with Crippen molar-refractivity contribution in [3.05, 3.63) is 30.1 Å². The highest BCUT2D eigenvalue weighted by Crippen LogP contribution is 2.31. The van der Waals surface area contributed by atoms with Crippen molar-refractivity contribution >= 4 is 23.0 Å². The second-order valence-electron chi connectivity index (χ2n) is 7.06. The fourth-order valence-electron chi connectivity index (χ4n) is 3.92. The molecule has 7 nitrogen and oxygen atoms in total. The molecule has 3 amide bonds. The molecule has 0 aliphatic carbocycles. The number of urea groups is 1. The number of likely N-dealkylation sites (tertiary alicyclic amines) is 2. The van der Waals surface area contributed by atoms with Crippen LogP contribution >= 0.6 is 0 Å². The van der Waals surface area contributed by atoms with Gasteiger partial charge in [-0.25, -0.2) is 9.78 Å². The van der Waals surface area contributed by atoms with Gasteiger partial charge in [-0.05, 0) is 37.8 Å². The summed E-state index contributed by atoms with van der Waals surface area (Å²) in [6.45, 7) is 2.62. The summed E-state index contributed by atoms with van der Waals surface area (Å²) in [5.41, 5.74) is 1.93. The molecule has 2 fully saturated rings. The number of hydrogen-bond acceptors (Lipinski definition) is 3. The number of rotatable bonds is 4. The van der Waals surface area contributed by atoms with Crippen LogP contribution in [0.25, 0.3) is 11.0 Å². The van der Waals surface area contributed by atoms with Crippen LogP contribution in [0.15, 0.2) is 24.3 Å². The average Bonchev–Trinajstić information content (AvgIpc) is 3.29. The lowest BCUT2D eigenvalue weighted by Gasteiger charge is -2.28. The van der Waals surface area contributed by atoms with Crippen LogP contribution in [0.5, 0.6) is 0 Å². The van der Waals surface area contributed by atoms with E-state index in [0.29, 0.717) is 19.5 Å². The predicted octanol–water partition coefficient (Wildman–Crippen LogP) is 2.42. The van der Waals surface area contributed by atoms with Crippen molar-refractivity contribution in [3.8, 4) is 0 Å². The first-order valence-electron chi connectivity index (χ1n) is 9.49. The van der Waals surface area contributed by atoms with Gasteiger partial charge in [-0.15, -0.1) is 0 Å². The van der Waals surface area contributed by atoms with E-state index in [2.05, 4.69) is 15.3 Å². The molecule has 0 saturated carbocycles. The largest absolute Gasteiger partial charge is 0.341 e. The molecule has 2 aromatic rings. The molecule has 1 aromatic heterocycles. The second kappa shape index (κ2) is 7.35. The van der Waals surface area contributed by atoms with Gasteiger partial charge in [-0.2, -0.15) is 0 Å². The Morgan fingerprint density at radius 3 is 2.96 bits per heavy atom. The van der Waals surface area contributed by atoms with Crippen molar-refractivity contribution in [2.45, 2.75) is 38.1 Å². The van der Waals surface area contributed by atoms with Crippen LogP contribution < -0.4 is 5.32 Å². The molecule has 0 bridgehead atoms. The van der Waals surface area contributed by atoms with Gasteiger partial charge in [0.05, 0.1) is 17.1 Å². The van der Waals surface area contributed by atoms with Crippen LogP contribution in [0.1, 0.15) is 44.0 Å². The van der Waals surface area contributed by atoms with E-state index in [1.54, 1.807) is 0 Å². The van der Waals surface area contributed by atoms with Gasteiger partial charge in [-0.1, -0.05) is 12.1 Å². The lowest BCUT2D eigenvalue weighted by Crippen LogP contribution is -2.45. The molecule has 2 N–H and O–H groups in total. The van der Waals surface area contributed by atoms with Crippen LogP contribution in [0.3, 0.4) is 0 Å². The number of piperidine rings is 1. The lowest BCUT2D eigenvalue weighted by molar-refractivity contribution is -0.133. The Kier molecular flexibility index (Phi) is 4.77. The van der Waals surface area contributed by atoms with Crippen LogP contribution in [-0.2, 0) is 4.79 Å². The van der Waals surface area contributed by atoms with Gasteiger partial charge in [0, 0.05) is 32.6 Å². The maximum atomic E-state index is 12.6. The van der Waals surface area contributed by atoms with Crippen LogP contribution in [0, 0.1) is 0 Å². The number of para-hydroxylation sites is 2. The first kappa shape index (κ1) is 16.9. The number of carbonyl (C=O) groups excluding carboxylic acids is 2. The number of nitrogens with zero attached hydrogens (tertiary/aromatic N) is 3. The standard InChI is InChI=1S/C19H25N5O2/c25-17-9-3-4-11-23(17)13-10-20-19(26)24-12-5-8-16(24)18-21-14-6-1-2-7-15(14)22-18/h1-2,6-7,16H,3-5,8-13H2,(H,20,26)(H,21,22). The molecule has 4 rings (SSSR count). The highest BCUT2D eigenvalue weighted by molar-refractivity contribution is 5.78. The Hall–Kier alpha value is -2.57. The third kappa shape index (κ3) is 3.38. The summed E-state index contributed by atoms with van der Waals surface area (Å²) in [7, 11) is 0. The first-order chi connectivity index (χ1) is 12.7. The minimum atomic E-state index is -0.0718. The summed E-state index contributed by atoms with van der Waals surface area (Å²) >= 11 is 0. The summed E-state index contributed by atoms with van der Waals surface area (Å²) in [5, 5.41) is 2.98. The molecule has 0 spiro atoms. The Bertz CT molecular complexity index is 769. The molecule has 7 heteroatoms. The van der Waals surface area contributed by atoms with Crippen molar-refractivity contribution in [1.29, 1.82) is 0 Å². The molecule has 2 saturated heterocycles. The van der Waals surface area contributed by atoms with Crippen molar-refractivity contribution in [2.24, 2.45) is 0 Å². The molecular formula is C19H25N5O2. The number of nitrogens with one attached hydrogen (secondary N) is 2. The number of aromatic amines is 1. The number of carbonyl (C=O) groups is 2. The van der Waals surface area contributed by atoms with Crippen molar-refractivity contribution in [2.75, 3.05) is 26.2 Å². The third-order valence-electron chi connectivity index (χ3n) is 5.32. The number of aromatic nitrogens is 2. The molecule has 26 heavy (non-hydrogen) atoms. The highest BCUT2D eigenvalue weighted by atomic mass is 16.2. The van der Waals surface area contributed by atoms with Crippen LogP contribution in [0.2, 0.25) is 0 Å². The molecule has 3 heterocycles. The maximum absolute atomic E-state index is 12.6. The van der Waals surface area contributed by atoms with Gasteiger partial charge in [0.25, 0.3) is 0 Å². The van der Waals surface area contributed by atoms with Gasteiger partial charge < -0.3 is 20.1 Å². The van der Waals surface area contributed by atoms with E-state index in [9.17, 15) is 9.59 Å². The Balaban J connectivity index is 1.36. The normalized spacial score (nSPS) is 20.8. The molecule has 1 unspecified atom stereocenters. The minimum Gasteiger partial charge on any atom is -0.341 e. The molecular weight excluding hydrogens is 330 g/mol. The fourth-order valence-corrected chi connectivity index (χ4v) is 3.92. The maximum Gasteiger partial charge on any atom is 0.318 e. The predicted molar refractivity (Wildman–Crippen MR) is 98.6 cm³/mol. The second-order valence-corrected chi connectivity index (χ2v) is 7.06. The third-order valence-corrected chi connectivity index (χ3v) is 5.32. The number of H-pyrrole nitrogens is 1. The van der Waals surface area contributed by atoms with Crippen molar-refractivity contribution < 1.29 is 9.59 Å². The number of fused-ring (bicyclic) bond motifs is 1. The minimum absolute atomic E-state index is 0.0148. The van der Waals surface area contributed by atoms with Crippen molar-refractivity contribution in [3.63, 3.8) is 0 Å². The molecule has 1 atom stereocenters. The SMILES string of the molecule is O=C1CCCCN1CCNC(=O)N1CCCC1c1nc2ccccc2[nH]1. The monoisotopic (exact) mass is 355 g/mol. The zero-order chi connectivity index (χ0) is 17.9. The van der Waals surface area contributed by atoms with E-state index in [-0.39, 0.29) is 18.0 Å². The molecule has 138 valence electrons. The Morgan fingerprint density at radius 1 is 1.23 bits per heavy atom. The van der Waals surface area contributed by atoms with E-state index in [1.165, 1.54) is 0 Å².